The number of amides is 2. The van der Waals surface area contributed by atoms with Crippen LogP contribution in [0.2, 0.25) is 0 Å². The minimum atomic E-state index is -0.315. The summed E-state index contributed by atoms with van der Waals surface area (Å²) >= 11 is 7.99. The van der Waals surface area contributed by atoms with Gasteiger partial charge in [0.2, 0.25) is 0 Å². The van der Waals surface area contributed by atoms with E-state index >= 15 is 0 Å². The lowest BCUT2D eigenvalue weighted by Gasteiger charge is -2.13. The maximum absolute atomic E-state index is 13.6. The van der Waals surface area contributed by atoms with E-state index in [9.17, 15) is 14.7 Å². The van der Waals surface area contributed by atoms with Crippen LogP contribution in [0.15, 0.2) is 108 Å². The van der Waals surface area contributed by atoms with Gasteiger partial charge in [0.1, 0.15) is 17.3 Å². The zero-order chi connectivity index (χ0) is 30.3. The summed E-state index contributed by atoms with van der Waals surface area (Å²) in [5.41, 5.74) is 2.82. The first kappa shape index (κ1) is 30.3. The Kier molecular flexibility index (Phi) is 9.80. The molecule has 3 aromatic carbocycles. The number of ether oxygens (including phenoxy) is 1. The van der Waals surface area contributed by atoms with Gasteiger partial charge in [-0.25, -0.2) is 0 Å². The number of phenols is 1. The number of rotatable bonds is 9. The van der Waals surface area contributed by atoms with Crippen molar-refractivity contribution in [1.82, 2.24) is 4.90 Å². The van der Waals surface area contributed by atoms with Crippen LogP contribution < -0.4 is 10.1 Å². The number of anilines is 1. The molecule has 0 unspecified atom stereocenters. The van der Waals surface area contributed by atoms with Gasteiger partial charge < -0.3 is 19.6 Å². The van der Waals surface area contributed by atoms with Gasteiger partial charge in [-0.05, 0) is 85.4 Å². The molecule has 1 aliphatic rings. The molecule has 218 valence electrons. The molecule has 0 atom stereocenters. The Morgan fingerprint density at radius 2 is 1.81 bits per heavy atom. The normalized spacial score (nSPS) is 15.1. The summed E-state index contributed by atoms with van der Waals surface area (Å²) in [6.07, 6.45) is 4.63. The molecular formula is C31H24Br2N4O5S. The molecule has 0 saturated carbocycles. The van der Waals surface area contributed by atoms with Gasteiger partial charge in [-0.2, -0.15) is 5.10 Å². The summed E-state index contributed by atoms with van der Waals surface area (Å²) in [5.74, 6) is 0.427. The molecule has 5 rings (SSSR count). The summed E-state index contributed by atoms with van der Waals surface area (Å²) in [5, 5.41) is 21.7. The zero-order valence-electron chi connectivity index (χ0n) is 22.7. The van der Waals surface area contributed by atoms with Crippen molar-refractivity contribution in [1.29, 1.82) is 0 Å². The number of aromatic hydroxyl groups is 1. The largest absolute Gasteiger partial charge is 0.507 e. The average Bonchev–Trinajstić information content (AvgIpc) is 3.60. The van der Waals surface area contributed by atoms with Gasteiger partial charge in [-0.15, -0.1) is 5.10 Å². The SMILES string of the molecule is Cc1ccc(NC(=O)COc2ccc(Br)cc2/C=C2\S/C(=N\N=C\c3cc(Br)ccc3O)N(Cc3ccco3)C2=O)cc1. The number of carbonyl (C=O) groups excluding carboxylic acids is 2. The smallest absolute Gasteiger partial charge is 0.267 e. The van der Waals surface area contributed by atoms with Crippen LogP contribution in [-0.4, -0.2) is 39.8 Å². The third-order valence-electron chi connectivity index (χ3n) is 6.06. The van der Waals surface area contributed by atoms with Crippen LogP contribution >= 0.6 is 43.6 Å². The lowest BCUT2D eigenvalue weighted by atomic mass is 10.2. The minimum Gasteiger partial charge on any atom is -0.507 e. The van der Waals surface area contributed by atoms with Gasteiger partial charge in [-0.1, -0.05) is 49.6 Å². The molecule has 12 heteroatoms. The Hall–Kier alpha value is -4.13. The molecule has 0 spiro atoms. The molecule has 4 aromatic rings. The van der Waals surface area contributed by atoms with Crippen molar-refractivity contribution >= 4 is 78.6 Å². The Balaban J connectivity index is 1.38. The number of halogens is 2. The molecule has 0 aliphatic carbocycles. The summed E-state index contributed by atoms with van der Waals surface area (Å²) in [6, 6.07) is 21.3. The highest BCUT2D eigenvalue weighted by Gasteiger charge is 2.34. The fourth-order valence-corrected chi connectivity index (χ4v) is 5.61. The second-order valence-corrected chi connectivity index (χ2v) is 12.1. The van der Waals surface area contributed by atoms with E-state index < -0.39 is 0 Å². The summed E-state index contributed by atoms with van der Waals surface area (Å²) in [4.78, 5) is 27.9. The standard InChI is InChI=1S/C31H24Br2N4O5S/c1-19-4-8-24(9-5-19)35-29(39)18-42-27-11-7-23(33)13-20(27)15-28-30(40)37(17-25-3-2-12-41-25)31(43-28)36-34-16-21-14-22(32)6-10-26(21)38/h2-16,38H,17-18H2,1H3,(H,35,39)/b28-15-,34-16+,36-31-. The van der Waals surface area contributed by atoms with E-state index in [1.807, 2.05) is 31.2 Å². The summed E-state index contributed by atoms with van der Waals surface area (Å²) in [6.45, 7) is 1.90. The third kappa shape index (κ3) is 8.04. The number of nitrogens with zero attached hydrogens (tertiary/aromatic N) is 3. The maximum Gasteiger partial charge on any atom is 0.267 e. The summed E-state index contributed by atoms with van der Waals surface area (Å²) in [7, 11) is 0. The number of phenolic OH excluding ortho intramolecular Hbond substituents is 1. The van der Waals surface area contributed by atoms with Gasteiger partial charge in [-0.3, -0.25) is 14.5 Å². The topological polar surface area (TPSA) is 117 Å². The molecule has 1 saturated heterocycles. The molecule has 0 radical (unpaired) electrons. The van der Waals surface area contributed by atoms with Crippen molar-refractivity contribution in [2.24, 2.45) is 10.2 Å². The van der Waals surface area contributed by atoms with Gasteiger partial charge in [0.15, 0.2) is 11.8 Å². The molecule has 2 amide bonds. The number of carbonyl (C=O) groups is 2. The molecule has 9 nitrogen and oxygen atoms in total. The number of hydrogen-bond acceptors (Lipinski definition) is 8. The minimum absolute atomic E-state index is 0.0464. The number of hydrogen-bond donors (Lipinski definition) is 2. The Bertz CT molecular complexity index is 1740. The maximum atomic E-state index is 13.6. The summed E-state index contributed by atoms with van der Waals surface area (Å²) < 4.78 is 12.9. The number of furan rings is 1. The number of thioether (sulfide) groups is 1. The van der Waals surface area contributed by atoms with E-state index in [0.29, 0.717) is 38.4 Å². The molecule has 2 N–H and O–H groups in total. The van der Waals surface area contributed by atoms with E-state index in [0.717, 1.165) is 26.3 Å². The van der Waals surface area contributed by atoms with Gasteiger partial charge in [0.25, 0.3) is 11.8 Å². The fourth-order valence-electron chi connectivity index (χ4n) is 3.93. The van der Waals surface area contributed by atoms with Gasteiger partial charge in [0.05, 0.1) is 23.9 Å². The first-order valence-corrected chi connectivity index (χ1v) is 15.3. The second kappa shape index (κ2) is 13.9. The van der Waals surface area contributed by atoms with Crippen LogP contribution in [-0.2, 0) is 16.1 Å². The lowest BCUT2D eigenvalue weighted by molar-refractivity contribution is -0.122. The van der Waals surface area contributed by atoms with Crippen LogP contribution in [0.5, 0.6) is 11.5 Å². The van der Waals surface area contributed by atoms with Crippen molar-refractivity contribution in [2.75, 3.05) is 11.9 Å². The monoisotopic (exact) mass is 722 g/mol. The molecule has 1 aliphatic heterocycles. The Morgan fingerprint density at radius 1 is 1.07 bits per heavy atom. The van der Waals surface area contributed by atoms with Crippen LogP contribution in [0.25, 0.3) is 6.08 Å². The number of benzene rings is 3. The predicted octanol–water partition coefficient (Wildman–Crippen LogP) is 7.34. The molecule has 1 aromatic heterocycles. The number of nitrogens with one attached hydrogen (secondary N) is 1. The van der Waals surface area contributed by atoms with Gasteiger partial charge >= 0.3 is 0 Å². The van der Waals surface area contributed by atoms with Crippen molar-refractivity contribution in [3.63, 3.8) is 0 Å². The van der Waals surface area contributed by atoms with Gasteiger partial charge in [0, 0.05) is 25.8 Å². The third-order valence-corrected chi connectivity index (χ3v) is 8.05. The molecule has 43 heavy (non-hydrogen) atoms. The number of amidine groups is 1. The zero-order valence-corrected chi connectivity index (χ0v) is 26.6. The molecular weight excluding hydrogens is 700 g/mol. The first-order valence-electron chi connectivity index (χ1n) is 12.9. The lowest BCUT2D eigenvalue weighted by Crippen LogP contribution is -2.28. The Morgan fingerprint density at radius 3 is 2.56 bits per heavy atom. The van der Waals surface area contributed by atoms with E-state index in [4.69, 9.17) is 9.15 Å². The van der Waals surface area contributed by atoms with Crippen molar-refractivity contribution < 1.29 is 23.8 Å². The van der Waals surface area contributed by atoms with Crippen LogP contribution in [0.3, 0.4) is 0 Å². The highest BCUT2D eigenvalue weighted by molar-refractivity contribution is 9.10. The van der Waals surface area contributed by atoms with Crippen molar-refractivity contribution in [3.05, 3.63) is 115 Å². The van der Waals surface area contributed by atoms with Crippen molar-refractivity contribution in [3.8, 4) is 11.5 Å². The molecule has 1 fully saturated rings. The molecule has 0 bridgehead atoms. The van der Waals surface area contributed by atoms with E-state index in [2.05, 4.69) is 47.4 Å². The van der Waals surface area contributed by atoms with E-state index in [1.165, 1.54) is 17.4 Å². The Labute approximate surface area is 268 Å². The second-order valence-electron chi connectivity index (χ2n) is 9.30. The fraction of sp³-hybridized carbons (Fsp3) is 0.0968. The molecule has 2 heterocycles. The van der Waals surface area contributed by atoms with Crippen molar-refractivity contribution in [2.45, 2.75) is 13.5 Å². The quantitative estimate of drug-likeness (QED) is 0.106. The van der Waals surface area contributed by atoms with Crippen LogP contribution in [0.4, 0.5) is 5.69 Å². The van der Waals surface area contributed by atoms with E-state index in [-0.39, 0.29) is 30.7 Å². The highest BCUT2D eigenvalue weighted by atomic mass is 79.9. The predicted molar refractivity (Wildman–Crippen MR) is 175 cm³/mol. The van der Waals surface area contributed by atoms with Crippen LogP contribution in [0.1, 0.15) is 22.5 Å². The number of aryl methyl sites for hydroxylation is 1. The first-order chi connectivity index (χ1) is 20.7. The highest BCUT2D eigenvalue weighted by Crippen LogP contribution is 2.36. The van der Waals surface area contributed by atoms with E-state index in [1.54, 1.807) is 54.6 Å². The average molecular weight is 724 g/mol. The van der Waals surface area contributed by atoms with Crippen LogP contribution in [0, 0.1) is 6.92 Å².